The Balaban J connectivity index is 1.45. The van der Waals surface area contributed by atoms with Crippen LogP contribution in [0.4, 0.5) is 11.4 Å². The molecule has 4 rings (SSSR count). The normalized spacial score (nSPS) is 16.7. The molecule has 1 N–H and O–H groups in total. The van der Waals surface area contributed by atoms with Gasteiger partial charge in [0, 0.05) is 30.3 Å². The van der Waals surface area contributed by atoms with Gasteiger partial charge in [-0.3, -0.25) is 9.59 Å². The van der Waals surface area contributed by atoms with Gasteiger partial charge in [-0.25, -0.2) is 8.42 Å². The summed E-state index contributed by atoms with van der Waals surface area (Å²) < 4.78 is 26.2. The van der Waals surface area contributed by atoms with Crippen molar-refractivity contribution in [2.24, 2.45) is 5.92 Å². The van der Waals surface area contributed by atoms with Gasteiger partial charge in [0.15, 0.2) is 9.84 Å². The van der Waals surface area contributed by atoms with Crippen LogP contribution in [0.25, 0.3) is 0 Å². The molecule has 0 aromatic heterocycles. The van der Waals surface area contributed by atoms with Crippen molar-refractivity contribution in [3.63, 3.8) is 0 Å². The molecule has 31 heavy (non-hydrogen) atoms. The summed E-state index contributed by atoms with van der Waals surface area (Å²) in [4.78, 5) is 26.9. The minimum absolute atomic E-state index is 0.126. The lowest BCUT2D eigenvalue weighted by Crippen LogP contribution is -2.30. The van der Waals surface area contributed by atoms with Gasteiger partial charge in [0.2, 0.25) is 11.8 Å². The Bertz CT molecular complexity index is 1150. The summed E-state index contributed by atoms with van der Waals surface area (Å²) in [6.45, 7) is 6.12. The van der Waals surface area contributed by atoms with Crippen LogP contribution in [-0.4, -0.2) is 32.0 Å². The van der Waals surface area contributed by atoms with Crippen LogP contribution in [0.3, 0.4) is 0 Å². The molecule has 1 aliphatic heterocycles. The molecular weight excluding hydrogens is 412 g/mol. The first kappa shape index (κ1) is 21.6. The van der Waals surface area contributed by atoms with E-state index < -0.39 is 15.1 Å². The average Bonchev–Trinajstić information content (AvgIpc) is 3.49. The van der Waals surface area contributed by atoms with E-state index in [1.165, 1.54) is 0 Å². The first-order valence-corrected chi connectivity index (χ1v) is 12.3. The fourth-order valence-electron chi connectivity index (χ4n) is 3.97. The van der Waals surface area contributed by atoms with E-state index in [9.17, 15) is 18.0 Å². The SMILES string of the molecule is Cc1ccc(NC(=O)C[C@@H](C)S(=O)(=O)c2ccc3c(c2)CCN3C(=O)C2CC2)cc1C. The van der Waals surface area contributed by atoms with E-state index in [2.05, 4.69) is 5.32 Å². The number of carbonyl (C=O) groups excluding carboxylic acids is 2. The molecule has 0 saturated heterocycles. The molecular formula is C24H28N2O4S. The smallest absolute Gasteiger partial charge is 0.230 e. The molecule has 6 nitrogen and oxygen atoms in total. The molecule has 0 unspecified atom stereocenters. The fraction of sp³-hybridized carbons (Fsp3) is 0.417. The molecule has 1 atom stereocenters. The van der Waals surface area contributed by atoms with Gasteiger partial charge in [0.1, 0.15) is 0 Å². The molecule has 7 heteroatoms. The third-order valence-electron chi connectivity index (χ3n) is 6.26. The molecule has 0 spiro atoms. The second-order valence-corrected chi connectivity index (χ2v) is 11.1. The van der Waals surface area contributed by atoms with E-state index in [1.54, 1.807) is 30.0 Å². The third kappa shape index (κ3) is 4.37. The van der Waals surface area contributed by atoms with Crippen molar-refractivity contribution >= 4 is 33.0 Å². The van der Waals surface area contributed by atoms with Gasteiger partial charge >= 0.3 is 0 Å². The number of hydrogen-bond donors (Lipinski definition) is 1. The minimum atomic E-state index is -3.67. The quantitative estimate of drug-likeness (QED) is 0.741. The highest BCUT2D eigenvalue weighted by atomic mass is 32.2. The molecule has 2 aliphatic rings. The lowest BCUT2D eigenvalue weighted by Gasteiger charge is -2.18. The monoisotopic (exact) mass is 440 g/mol. The molecule has 164 valence electrons. The van der Waals surface area contributed by atoms with Crippen molar-refractivity contribution in [3.05, 3.63) is 53.1 Å². The van der Waals surface area contributed by atoms with E-state index in [-0.39, 0.29) is 29.0 Å². The Labute approximate surface area is 183 Å². The molecule has 2 aromatic rings. The highest BCUT2D eigenvalue weighted by Crippen LogP contribution is 2.37. The third-order valence-corrected chi connectivity index (χ3v) is 8.40. The van der Waals surface area contributed by atoms with Crippen LogP contribution < -0.4 is 10.2 Å². The topological polar surface area (TPSA) is 83.6 Å². The Hall–Kier alpha value is -2.67. The maximum Gasteiger partial charge on any atom is 0.230 e. The summed E-state index contributed by atoms with van der Waals surface area (Å²) >= 11 is 0. The number of benzene rings is 2. The first-order valence-electron chi connectivity index (χ1n) is 10.7. The highest BCUT2D eigenvalue weighted by molar-refractivity contribution is 7.92. The number of anilines is 2. The van der Waals surface area contributed by atoms with Crippen molar-refractivity contribution in [1.82, 2.24) is 0 Å². The van der Waals surface area contributed by atoms with E-state index in [4.69, 9.17) is 0 Å². The van der Waals surface area contributed by atoms with E-state index in [1.807, 2.05) is 32.0 Å². The second kappa shape index (κ2) is 8.11. The molecule has 1 heterocycles. The van der Waals surface area contributed by atoms with Crippen LogP contribution in [0.15, 0.2) is 41.3 Å². The molecule has 0 bridgehead atoms. The Kier molecular flexibility index (Phi) is 5.64. The molecule has 0 radical (unpaired) electrons. The van der Waals surface area contributed by atoms with Crippen LogP contribution in [0.1, 0.15) is 42.9 Å². The van der Waals surface area contributed by atoms with Crippen molar-refractivity contribution in [1.29, 1.82) is 0 Å². The maximum atomic E-state index is 13.1. The Morgan fingerprint density at radius 1 is 1.10 bits per heavy atom. The van der Waals surface area contributed by atoms with Gasteiger partial charge in [-0.1, -0.05) is 6.07 Å². The fourth-order valence-corrected chi connectivity index (χ4v) is 5.37. The number of amides is 2. The Morgan fingerprint density at radius 3 is 2.52 bits per heavy atom. The van der Waals surface area contributed by atoms with Crippen LogP contribution in [0, 0.1) is 19.8 Å². The van der Waals surface area contributed by atoms with Gasteiger partial charge < -0.3 is 10.2 Å². The maximum absolute atomic E-state index is 13.1. The summed E-state index contributed by atoms with van der Waals surface area (Å²) in [5.74, 6) is -0.0577. The molecule has 1 saturated carbocycles. The number of nitrogens with zero attached hydrogens (tertiary/aromatic N) is 1. The van der Waals surface area contributed by atoms with Gasteiger partial charge in [0.25, 0.3) is 0 Å². The van der Waals surface area contributed by atoms with E-state index in [0.717, 1.165) is 35.2 Å². The van der Waals surface area contributed by atoms with Crippen LogP contribution >= 0.6 is 0 Å². The van der Waals surface area contributed by atoms with Crippen molar-refractivity contribution < 1.29 is 18.0 Å². The average molecular weight is 441 g/mol. The predicted molar refractivity (Wildman–Crippen MR) is 121 cm³/mol. The zero-order valence-electron chi connectivity index (χ0n) is 18.1. The summed E-state index contributed by atoms with van der Waals surface area (Å²) in [6, 6.07) is 10.6. The summed E-state index contributed by atoms with van der Waals surface area (Å²) in [6.07, 6.45) is 2.41. The number of hydrogen-bond acceptors (Lipinski definition) is 4. The standard InChI is InChI=1S/C24H28N2O4S/c1-15-4-7-20(12-16(15)2)25-23(27)13-17(3)31(29,30)21-8-9-22-19(14-21)10-11-26(22)24(28)18-5-6-18/h4,7-9,12,14,17-18H,5-6,10-11,13H2,1-3H3,(H,25,27)/t17-/m1/s1. The zero-order valence-corrected chi connectivity index (χ0v) is 19.0. The van der Waals surface area contributed by atoms with Gasteiger partial charge in [-0.05, 0) is 87.1 Å². The van der Waals surface area contributed by atoms with Crippen LogP contribution in [0.5, 0.6) is 0 Å². The zero-order chi connectivity index (χ0) is 22.3. The highest BCUT2D eigenvalue weighted by Gasteiger charge is 2.37. The first-order chi connectivity index (χ1) is 14.7. The van der Waals surface area contributed by atoms with Gasteiger partial charge in [-0.2, -0.15) is 0 Å². The summed E-state index contributed by atoms with van der Waals surface area (Å²) in [7, 11) is -3.67. The Morgan fingerprint density at radius 2 is 1.84 bits per heavy atom. The largest absolute Gasteiger partial charge is 0.326 e. The molecule has 2 aromatic carbocycles. The summed E-state index contributed by atoms with van der Waals surface area (Å²) in [5.41, 5.74) is 4.54. The number of rotatable bonds is 6. The number of nitrogens with one attached hydrogen (secondary N) is 1. The lowest BCUT2D eigenvalue weighted by atomic mass is 10.1. The summed E-state index contributed by atoms with van der Waals surface area (Å²) in [5, 5.41) is 1.93. The number of aryl methyl sites for hydroxylation is 2. The van der Waals surface area contributed by atoms with Crippen LogP contribution in [-0.2, 0) is 25.8 Å². The van der Waals surface area contributed by atoms with Crippen LogP contribution in [0.2, 0.25) is 0 Å². The minimum Gasteiger partial charge on any atom is -0.326 e. The number of fused-ring (bicyclic) bond motifs is 1. The van der Waals surface area contributed by atoms with E-state index >= 15 is 0 Å². The molecule has 1 fully saturated rings. The lowest BCUT2D eigenvalue weighted by molar-refractivity contribution is -0.119. The molecule has 2 amide bonds. The van der Waals surface area contributed by atoms with E-state index in [0.29, 0.717) is 18.7 Å². The van der Waals surface area contributed by atoms with Crippen molar-refractivity contribution in [2.75, 3.05) is 16.8 Å². The van der Waals surface area contributed by atoms with Crippen molar-refractivity contribution in [2.45, 2.75) is 56.6 Å². The molecule has 1 aliphatic carbocycles. The second-order valence-electron chi connectivity index (χ2n) is 8.71. The predicted octanol–water partition coefficient (Wildman–Crippen LogP) is 3.79. The number of carbonyl (C=O) groups is 2. The van der Waals surface area contributed by atoms with Gasteiger partial charge in [-0.15, -0.1) is 0 Å². The van der Waals surface area contributed by atoms with Crippen molar-refractivity contribution in [3.8, 4) is 0 Å². The van der Waals surface area contributed by atoms with Gasteiger partial charge in [0.05, 0.1) is 10.1 Å². The number of sulfone groups is 1.